The predicted octanol–water partition coefficient (Wildman–Crippen LogP) is 3.23. The third-order valence-electron chi connectivity index (χ3n) is 5.62. The number of halogens is 1. The molecule has 34 heavy (non-hydrogen) atoms. The number of ether oxygens (including phenoxy) is 1. The lowest BCUT2D eigenvalue weighted by Gasteiger charge is -2.40. The number of aliphatic hydroxyl groups is 1. The number of benzene rings is 3. The summed E-state index contributed by atoms with van der Waals surface area (Å²) in [5.74, 6) is -0.785. The number of morpholine rings is 1. The van der Waals surface area contributed by atoms with Gasteiger partial charge in [0.25, 0.3) is 0 Å². The summed E-state index contributed by atoms with van der Waals surface area (Å²) < 4.78 is 46.5. The maximum Gasteiger partial charge on any atom is 0.249 e. The van der Waals surface area contributed by atoms with Gasteiger partial charge < -0.3 is 14.7 Å². The van der Waals surface area contributed by atoms with Crippen molar-refractivity contribution >= 4 is 21.6 Å². The Morgan fingerprint density at radius 3 is 2.29 bits per heavy atom. The smallest absolute Gasteiger partial charge is 0.249 e. The first-order valence-electron chi connectivity index (χ1n) is 10.8. The minimum absolute atomic E-state index is 0.144. The summed E-state index contributed by atoms with van der Waals surface area (Å²) in [6.45, 7) is -0.279. The Bertz CT molecular complexity index is 1220. The van der Waals surface area contributed by atoms with Gasteiger partial charge in [-0.25, -0.2) is 12.8 Å². The van der Waals surface area contributed by atoms with E-state index < -0.39 is 22.2 Å². The summed E-state index contributed by atoms with van der Waals surface area (Å²) in [5, 5.41) is 10.1. The molecular weight excluding hydrogens is 459 g/mol. The second kappa shape index (κ2) is 10.3. The summed E-state index contributed by atoms with van der Waals surface area (Å²) in [4.78, 5) is 14.0. The maximum absolute atomic E-state index is 13.2. The van der Waals surface area contributed by atoms with E-state index in [1.807, 2.05) is 6.07 Å². The molecule has 178 valence electrons. The first kappa shape index (κ1) is 23.9. The van der Waals surface area contributed by atoms with Gasteiger partial charge in [-0.2, -0.15) is 0 Å². The minimum atomic E-state index is -3.60. The van der Waals surface area contributed by atoms with Crippen molar-refractivity contribution in [3.05, 3.63) is 101 Å². The lowest BCUT2D eigenvalue weighted by atomic mass is 9.98. The highest BCUT2D eigenvalue weighted by molar-refractivity contribution is 7.91. The molecule has 2 N–H and O–H groups in total. The van der Waals surface area contributed by atoms with Crippen LogP contribution in [0.15, 0.2) is 78.9 Å². The van der Waals surface area contributed by atoms with Crippen molar-refractivity contribution in [3.8, 4) is 0 Å². The van der Waals surface area contributed by atoms with Crippen LogP contribution in [-0.4, -0.2) is 43.6 Å². The number of anilines is 1. The SMILES string of the molecule is O=C1COC(c2ccc(NS(=O)(=O)Cc3ccccc3)cc2)C(CO)N1Cc1ccc(F)cc1. The molecule has 1 aliphatic rings. The highest BCUT2D eigenvalue weighted by Crippen LogP contribution is 2.31. The van der Waals surface area contributed by atoms with Crippen LogP contribution in [0, 0.1) is 5.82 Å². The number of nitrogens with one attached hydrogen (secondary N) is 1. The molecule has 1 amide bonds. The third-order valence-corrected chi connectivity index (χ3v) is 6.88. The second-order valence-electron chi connectivity index (χ2n) is 8.10. The Morgan fingerprint density at radius 1 is 0.971 bits per heavy atom. The monoisotopic (exact) mass is 484 g/mol. The normalized spacial score (nSPS) is 18.6. The van der Waals surface area contributed by atoms with Crippen LogP contribution in [0.1, 0.15) is 22.8 Å². The molecule has 0 saturated carbocycles. The van der Waals surface area contributed by atoms with Gasteiger partial charge in [-0.15, -0.1) is 0 Å². The molecule has 0 bridgehead atoms. The topological polar surface area (TPSA) is 95.9 Å². The van der Waals surface area contributed by atoms with Crippen LogP contribution in [-0.2, 0) is 31.9 Å². The van der Waals surface area contributed by atoms with Crippen LogP contribution >= 0.6 is 0 Å². The van der Waals surface area contributed by atoms with Gasteiger partial charge in [-0.1, -0.05) is 54.6 Å². The van der Waals surface area contributed by atoms with E-state index in [4.69, 9.17) is 4.74 Å². The molecule has 7 nitrogen and oxygen atoms in total. The molecule has 1 aliphatic heterocycles. The summed E-state index contributed by atoms with van der Waals surface area (Å²) in [5.41, 5.74) is 2.51. The average Bonchev–Trinajstić information content (AvgIpc) is 2.82. The third kappa shape index (κ3) is 5.80. The summed E-state index contributed by atoms with van der Waals surface area (Å²) in [7, 11) is -3.60. The zero-order valence-electron chi connectivity index (χ0n) is 18.3. The van der Waals surface area contributed by atoms with Crippen LogP contribution in [0.5, 0.6) is 0 Å². The molecule has 2 atom stereocenters. The standard InChI is InChI=1S/C25H25FN2O5S/c26-21-10-6-18(7-11-21)14-28-23(15-29)25(33-16-24(28)30)20-8-12-22(13-9-20)27-34(31,32)17-19-4-2-1-3-5-19/h1-13,23,25,27,29H,14-17H2. The molecule has 3 aromatic rings. The van der Waals surface area contributed by atoms with Crippen molar-refractivity contribution in [2.45, 2.75) is 24.4 Å². The molecule has 1 saturated heterocycles. The molecule has 4 rings (SSSR count). The van der Waals surface area contributed by atoms with Crippen molar-refractivity contribution in [3.63, 3.8) is 0 Å². The van der Waals surface area contributed by atoms with Gasteiger partial charge in [0.15, 0.2) is 0 Å². The Hall–Kier alpha value is -3.27. The number of rotatable bonds is 8. The van der Waals surface area contributed by atoms with Crippen molar-refractivity contribution < 1.29 is 27.4 Å². The van der Waals surface area contributed by atoms with Gasteiger partial charge in [-0.3, -0.25) is 9.52 Å². The molecule has 9 heteroatoms. The molecule has 3 aromatic carbocycles. The van der Waals surface area contributed by atoms with E-state index in [1.165, 1.54) is 17.0 Å². The fraction of sp³-hybridized carbons (Fsp3) is 0.240. The van der Waals surface area contributed by atoms with E-state index in [2.05, 4.69) is 4.72 Å². The van der Waals surface area contributed by atoms with Crippen LogP contribution in [0.4, 0.5) is 10.1 Å². The van der Waals surface area contributed by atoms with Gasteiger partial charge in [0.1, 0.15) is 18.5 Å². The molecule has 0 radical (unpaired) electrons. The molecular formula is C25H25FN2O5S. The van der Waals surface area contributed by atoms with Crippen LogP contribution in [0.25, 0.3) is 0 Å². The number of amides is 1. The number of hydrogen-bond acceptors (Lipinski definition) is 5. The average molecular weight is 485 g/mol. The number of aliphatic hydroxyl groups excluding tert-OH is 1. The number of nitrogens with zero attached hydrogens (tertiary/aromatic N) is 1. The quantitative estimate of drug-likeness (QED) is 0.512. The van der Waals surface area contributed by atoms with Crippen LogP contribution in [0.3, 0.4) is 0 Å². The number of hydrogen-bond donors (Lipinski definition) is 2. The Balaban J connectivity index is 1.47. The number of carbonyl (C=O) groups excluding carboxylic acids is 1. The van der Waals surface area contributed by atoms with E-state index in [0.29, 0.717) is 16.8 Å². The summed E-state index contributed by atoms with van der Waals surface area (Å²) >= 11 is 0. The van der Waals surface area contributed by atoms with E-state index in [9.17, 15) is 22.7 Å². The molecule has 0 spiro atoms. The Morgan fingerprint density at radius 2 is 1.65 bits per heavy atom. The Labute approximate surface area is 197 Å². The highest BCUT2D eigenvalue weighted by atomic mass is 32.2. The van der Waals surface area contributed by atoms with Gasteiger partial charge in [0.05, 0.1) is 18.4 Å². The van der Waals surface area contributed by atoms with E-state index >= 15 is 0 Å². The molecule has 2 unspecified atom stereocenters. The van der Waals surface area contributed by atoms with Gasteiger partial charge in [0.2, 0.25) is 15.9 Å². The summed E-state index contributed by atoms with van der Waals surface area (Å²) in [6, 6.07) is 20.7. The zero-order chi connectivity index (χ0) is 24.1. The molecule has 1 heterocycles. The van der Waals surface area contributed by atoms with Gasteiger partial charge in [-0.05, 0) is 41.0 Å². The lowest BCUT2D eigenvalue weighted by molar-refractivity contribution is -0.162. The second-order valence-corrected chi connectivity index (χ2v) is 9.82. The van der Waals surface area contributed by atoms with Crippen LogP contribution < -0.4 is 4.72 Å². The maximum atomic E-state index is 13.2. The molecule has 0 aromatic heterocycles. The fourth-order valence-corrected chi connectivity index (χ4v) is 5.16. The van der Waals surface area contributed by atoms with Crippen molar-refractivity contribution in [2.24, 2.45) is 0 Å². The number of carbonyl (C=O) groups is 1. The Kier molecular flexibility index (Phi) is 7.26. The largest absolute Gasteiger partial charge is 0.394 e. The van der Waals surface area contributed by atoms with E-state index in [-0.39, 0.29) is 37.2 Å². The van der Waals surface area contributed by atoms with Crippen molar-refractivity contribution in [2.75, 3.05) is 17.9 Å². The first-order chi connectivity index (χ1) is 16.3. The van der Waals surface area contributed by atoms with E-state index in [1.54, 1.807) is 60.7 Å². The van der Waals surface area contributed by atoms with Gasteiger partial charge >= 0.3 is 0 Å². The van der Waals surface area contributed by atoms with Crippen LogP contribution in [0.2, 0.25) is 0 Å². The molecule has 1 fully saturated rings. The number of sulfonamides is 1. The molecule has 0 aliphatic carbocycles. The van der Waals surface area contributed by atoms with Crippen molar-refractivity contribution in [1.29, 1.82) is 0 Å². The first-order valence-corrected chi connectivity index (χ1v) is 12.4. The minimum Gasteiger partial charge on any atom is -0.394 e. The fourth-order valence-electron chi connectivity index (χ4n) is 3.96. The summed E-state index contributed by atoms with van der Waals surface area (Å²) in [6.07, 6.45) is -0.599. The predicted molar refractivity (Wildman–Crippen MR) is 126 cm³/mol. The van der Waals surface area contributed by atoms with Crippen molar-refractivity contribution in [1.82, 2.24) is 4.90 Å². The highest BCUT2D eigenvalue weighted by Gasteiger charge is 2.37. The zero-order valence-corrected chi connectivity index (χ0v) is 19.1. The van der Waals surface area contributed by atoms with E-state index in [0.717, 1.165) is 5.56 Å². The van der Waals surface area contributed by atoms with Gasteiger partial charge in [0, 0.05) is 12.2 Å². The lowest BCUT2D eigenvalue weighted by Crippen LogP contribution is -2.52.